The van der Waals surface area contributed by atoms with Gasteiger partial charge < -0.3 is 24.8 Å². The van der Waals surface area contributed by atoms with E-state index in [0.717, 1.165) is 43.4 Å². The number of rotatable bonds is 10. The van der Waals surface area contributed by atoms with Crippen LogP contribution in [0.2, 0.25) is 0 Å². The average Bonchev–Trinajstić information content (AvgIpc) is 2.71. The second-order valence-electron chi connectivity index (χ2n) is 5.75. The van der Waals surface area contributed by atoms with Crippen LogP contribution in [0.5, 0.6) is 17.4 Å². The highest BCUT2D eigenvalue weighted by atomic mass is 16.5. The molecule has 2 aromatic rings. The molecule has 0 saturated carbocycles. The van der Waals surface area contributed by atoms with Crippen LogP contribution in [0.1, 0.15) is 18.9 Å². The number of ether oxygens (including phenoxy) is 3. The van der Waals surface area contributed by atoms with E-state index in [4.69, 9.17) is 14.2 Å². The van der Waals surface area contributed by atoms with Gasteiger partial charge in [-0.1, -0.05) is 6.07 Å². The van der Waals surface area contributed by atoms with Crippen molar-refractivity contribution in [3.8, 4) is 17.4 Å². The van der Waals surface area contributed by atoms with E-state index in [1.165, 1.54) is 0 Å². The summed E-state index contributed by atoms with van der Waals surface area (Å²) in [6.45, 7) is 4.93. The highest BCUT2D eigenvalue weighted by molar-refractivity contribution is 5.79. The van der Waals surface area contributed by atoms with Crippen molar-refractivity contribution in [3.63, 3.8) is 0 Å². The molecule has 0 fully saturated rings. The molecule has 0 aliphatic rings. The number of hydrogen-bond acceptors (Lipinski definition) is 5. The Morgan fingerprint density at radius 2 is 1.81 bits per heavy atom. The second kappa shape index (κ2) is 11.7. The van der Waals surface area contributed by atoms with Crippen molar-refractivity contribution in [2.45, 2.75) is 19.9 Å². The standard InChI is InChI=1S/C20H28N4O3/c1-4-21-20(22-12-5-13-25-2)24-15-16-6-11-19(23-14-16)27-18-9-7-17(26-3)8-10-18/h6-11,14H,4-5,12-13,15H2,1-3H3,(H2,21,22,24). The van der Waals surface area contributed by atoms with Gasteiger partial charge in [-0.05, 0) is 43.2 Å². The van der Waals surface area contributed by atoms with Crippen molar-refractivity contribution in [2.24, 2.45) is 4.99 Å². The fraction of sp³-hybridized carbons (Fsp3) is 0.400. The summed E-state index contributed by atoms with van der Waals surface area (Å²) in [7, 11) is 3.34. The molecule has 1 heterocycles. The Labute approximate surface area is 160 Å². The number of nitrogens with one attached hydrogen (secondary N) is 2. The Morgan fingerprint density at radius 1 is 1.04 bits per heavy atom. The van der Waals surface area contributed by atoms with Crippen LogP contribution in [0.4, 0.5) is 0 Å². The first-order valence-electron chi connectivity index (χ1n) is 9.03. The highest BCUT2D eigenvalue weighted by Crippen LogP contribution is 2.22. The van der Waals surface area contributed by atoms with Crippen molar-refractivity contribution >= 4 is 5.96 Å². The minimum absolute atomic E-state index is 0.537. The van der Waals surface area contributed by atoms with Crippen molar-refractivity contribution < 1.29 is 14.2 Å². The van der Waals surface area contributed by atoms with Gasteiger partial charge in [0.25, 0.3) is 0 Å². The van der Waals surface area contributed by atoms with Gasteiger partial charge in [-0.15, -0.1) is 0 Å². The number of guanidine groups is 1. The molecule has 0 aliphatic heterocycles. The lowest BCUT2D eigenvalue weighted by Gasteiger charge is -2.11. The van der Waals surface area contributed by atoms with E-state index in [-0.39, 0.29) is 0 Å². The lowest BCUT2D eigenvalue weighted by Crippen LogP contribution is -2.38. The van der Waals surface area contributed by atoms with Gasteiger partial charge in [0.05, 0.1) is 13.7 Å². The Hall–Kier alpha value is -2.80. The second-order valence-corrected chi connectivity index (χ2v) is 5.75. The summed E-state index contributed by atoms with van der Waals surface area (Å²) < 4.78 is 15.9. The zero-order valence-corrected chi connectivity index (χ0v) is 16.2. The van der Waals surface area contributed by atoms with Crippen LogP contribution in [0.25, 0.3) is 0 Å². The van der Waals surface area contributed by atoms with Crippen LogP contribution < -0.4 is 20.1 Å². The lowest BCUT2D eigenvalue weighted by molar-refractivity contribution is 0.195. The molecular formula is C20H28N4O3. The number of nitrogens with zero attached hydrogens (tertiary/aromatic N) is 2. The van der Waals surface area contributed by atoms with E-state index in [1.54, 1.807) is 20.4 Å². The quantitative estimate of drug-likeness (QED) is 0.379. The van der Waals surface area contributed by atoms with Crippen molar-refractivity contribution in [2.75, 3.05) is 33.9 Å². The van der Waals surface area contributed by atoms with Crippen LogP contribution >= 0.6 is 0 Å². The fourth-order valence-electron chi connectivity index (χ4n) is 2.26. The number of aromatic nitrogens is 1. The van der Waals surface area contributed by atoms with Gasteiger partial charge in [0, 0.05) is 39.1 Å². The Balaban J connectivity index is 1.88. The number of aliphatic imine (C=N–C) groups is 1. The maximum Gasteiger partial charge on any atom is 0.219 e. The largest absolute Gasteiger partial charge is 0.497 e. The first-order chi connectivity index (χ1) is 13.2. The molecule has 2 N–H and O–H groups in total. The molecule has 146 valence electrons. The van der Waals surface area contributed by atoms with Crippen molar-refractivity contribution in [3.05, 3.63) is 48.2 Å². The summed E-state index contributed by atoms with van der Waals surface area (Å²) >= 11 is 0. The number of methoxy groups -OCH3 is 2. The predicted molar refractivity (Wildman–Crippen MR) is 107 cm³/mol. The molecule has 7 heteroatoms. The molecule has 0 bridgehead atoms. The zero-order chi connectivity index (χ0) is 19.3. The molecule has 0 unspecified atom stereocenters. The minimum Gasteiger partial charge on any atom is -0.497 e. The maximum atomic E-state index is 5.73. The average molecular weight is 372 g/mol. The summed E-state index contributed by atoms with van der Waals surface area (Å²) in [5.74, 6) is 2.82. The van der Waals surface area contributed by atoms with Crippen LogP contribution in [0.15, 0.2) is 47.6 Å². The monoisotopic (exact) mass is 372 g/mol. The number of benzene rings is 1. The van der Waals surface area contributed by atoms with Crippen molar-refractivity contribution in [1.29, 1.82) is 0 Å². The molecule has 0 aliphatic carbocycles. The van der Waals surface area contributed by atoms with E-state index >= 15 is 0 Å². The lowest BCUT2D eigenvalue weighted by atomic mass is 10.3. The van der Waals surface area contributed by atoms with Gasteiger partial charge in [-0.25, -0.2) is 9.98 Å². The normalized spacial score (nSPS) is 11.1. The fourth-order valence-corrected chi connectivity index (χ4v) is 2.26. The van der Waals surface area contributed by atoms with E-state index in [9.17, 15) is 0 Å². The molecule has 0 saturated heterocycles. The van der Waals surface area contributed by atoms with Crippen molar-refractivity contribution in [1.82, 2.24) is 15.6 Å². The van der Waals surface area contributed by atoms with Gasteiger partial charge in [-0.3, -0.25) is 0 Å². The molecule has 0 amide bonds. The van der Waals surface area contributed by atoms with Crippen LogP contribution in [0.3, 0.4) is 0 Å². The topological polar surface area (TPSA) is 77.0 Å². The first-order valence-corrected chi connectivity index (χ1v) is 9.03. The van der Waals surface area contributed by atoms with Gasteiger partial charge in [0.2, 0.25) is 5.88 Å². The molecule has 1 aromatic carbocycles. The molecular weight excluding hydrogens is 344 g/mol. The van der Waals surface area contributed by atoms with Gasteiger partial charge >= 0.3 is 0 Å². The van der Waals surface area contributed by atoms with Crippen LogP contribution in [-0.2, 0) is 11.3 Å². The molecule has 0 spiro atoms. The number of pyridine rings is 1. The van der Waals surface area contributed by atoms with Gasteiger partial charge in [0.15, 0.2) is 5.96 Å². The maximum absolute atomic E-state index is 5.73. The summed E-state index contributed by atoms with van der Waals surface area (Å²) in [6, 6.07) is 11.2. The summed E-state index contributed by atoms with van der Waals surface area (Å²) in [5, 5.41) is 6.51. The Bertz CT molecular complexity index is 687. The smallest absolute Gasteiger partial charge is 0.219 e. The van der Waals surface area contributed by atoms with Gasteiger partial charge in [-0.2, -0.15) is 0 Å². The number of hydrogen-bond donors (Lipinski definition) is 2. The molecule has 7 nitrogen and oxygen atoms in total. The third-order valence-corrected chi connectivity index (χ3v) is 3.66. The van der Waals surface area contributed by atoms with E-state index in [1.807, 2.05) is 43.3 Å². The molecule has 1 aromatic heterocycles. The molecule has 0 radical (unpaired) electrons. The predicted octanol–water partition coefficient (Wildman–Crippen LogP) is 2.97. The third-order valence-electron chi connectivity index (χ3n) is 3.66. The zero-order valence-electron chi connectivity index (χ0n) is 16.2. The summed E-state index contributed by atoms with van der Waals surface area (Å²) in [5.41, 5.74) is 1.01. The summed E-state index contributed by atoms with van der Waals surface area (Å²) in [6.07, 6.45) is 2.71. The summed E-state index contributed by atoms with van der Waals surface area (Å²) in [4.78, 5) is 8.92. The minimum atomic E-state index is 0.537. The highest BCUT2D eigenvalue weighted by Gasteiger charge is 2.01. The first kappa shape index (κ1) is 20.5. The van der Waals surface area contributed by atoms with E-state index in [0.29, 0.717) is 18.2 Å². The Kier molecular flexibility index (Phi) is 8.92. The van der Waals surface area contributed by atoms with E-state index in [2.05, 4.69) is 20.6 Å². The third kappa shape index (κ3) is 7.53. The van der Waals surface area contributed by atoms with Crippen LogP contribution in [0, 0.1) is 0 Å². The molecule has 0 atom stereocenters. The Morgan fingerprint density at radius 3 is 2.44 bits per heavy atom. The molecule has 2 rings (SSSR count). The van der Waals surface area contributed by atoms with E-state index < -0.39 is 0 Å². The van der Waals surface area contributed by atoms with Crippen LogP contribution in [-0.4, -0.2) is 44.9 Å². The SMILES string of the molecule is CCNC(=NCc1ccc(Oc2ccc(OC)cc2)nc1)NCCCOC. The molecule has 27 heavy (non-hydrogen) atoms. The van der Waals surface area contributed by atoms with Gasteiger partial charge in [0.1, 0.15) is 11.5 Å².